The Balaban J connectivity index is 2.07. The van der Waals surface area contributed by atoms with Crippen molar-refractivity contribution in [3.8, 4) is 0 Å². The maximum Gasteiger partial charge on any atom is 0.264 e. The minimum atomic E-state index is -4.13. The molecule has 40 heavy (non-hydrogen) atoms. The molecule has 0 bridgehead atoms. The Kier molecular flexibility index (Phi) is 11.0. The second-order valence-electron chi connectivity index (χ2n) is 9.64. The lowest BCUT2D eigenvalue weighted by Gasteiger charge is -2.33. The van der Waals surface area contributed by atoms with Gasteiger partial charge in [-0.1, -0.05) is 72.9 Å². The highest BCUT2D eigenvalue weighted by molar-refractivity contribution is 7.92. The van der Waals surface area contributed by atoms with Crippen molar-refractivity contribution in [2.75, 3.05) is 17.4 Å². The number of nitrogens with one attached hydrogen (secondary N) is 1. The molecule has 0 saturated carbocycles. The van der Waals surface area contributed by atoms with E-state index in [2.05, 4.69) is 5.32 Å². The number of carbonyl (C=O) groups is 2. The summed E-state index contributed by atoms with van der Waals surface area (Å²) in [6.07, 6.45) is 1.05. The summed E-state index contributed by atoms with van der Waals surface area (Å²) in [4.78, 5) is 28.7. The first kappa shape index (κ1) is 31.5. The second kappa shape index (κ2) is 14.0. The summed E-state index contributed by atoms with van der Waals surface area (Å²) in [7, 11) is -4.13. The van der Waals surface area contributed by atoms with Gasteiger partial charge in [-0.05, 0) is 74.2 Å². The van der Waals surface area contributed by atoms with Crippen LogP contribution in [0.4, 0.5) is 5.69 Å². The first-order valence-corrected chi connectivity index (χ1v) is 15.3. The van der Waals surface area contributed by atoms with Gasteiger partial charge in [-0.3, -0.25) is 13.9 Å². The fourth-order valence-electron chi connectivity index (χ4n) is 4.27. The number of nitrogens with zero attached hydrogens (tertiary/aromatic N) is 2. The summed E-state index contributed by atoms with van der Waals surface area (Å²) < 4.78 is 28.9. The molecule has 0 aromatic heterocycles. The van der Waals surface area contributed by atoms with Crippen LogP contribution in [-0.2, 0) is 26.2 Å². The van der Waals surface area contributed by atoms with Gasteiger partial charge in [0.25, 0.3) is 10.0 Å². The third-order valence-corrected chi connectivity index (χ3v) is 8.84. The standard InChI is InChI=1S/C30H35Cl2N3O4S/c1-5-16-33-30(37)28(6-2)34(19-23-12-13-24(31)18-27(23)32)29(36)20-35(25-9-7-8-22(4)17-25)40(38,39)26-14-10-21(3)11-15-26/h7-15,17-18,28H,5-6,16,19-20H2,1-4H3,(H,33,37). The summed E-state index contributed by atoms with van der Waals surface area (Å²) in [6, 6.07) is 17.5. The van der Waals surface area contributed by atoms with Crippen LogP contribution in [0.5, 0.6) is 0 Å². The van der Waals surface area contributed by atoms with Gasteiger partial charge in [0.2, 0.25) is 11.8 Å². The Morgan fingerprint density at radius 2 is 1.62 bits per heavy atom. The monoisotopic (exact) mass is 603 g/mol. The van der Waals surface area contributed by atoms with E-state index in [1.807, 2.05) is 26.8 Å². The van der Waals surface area contributed by atoms with E-state index in [0.29, 0.717) is 34.3 Å². The molecule has 3 aromatic carbocycles. The van der Waals surface area contributed by atoms with Crippen molar-refractivity contribution in [1.82, 2.24) is 10.2 Å². The lowest BCUT2D eigenvalue weighted by molar-refractivity contribution is -0.140. The van der Waals surface area contributed by atoms with E-state index in [0.717, 1.165) is 21.9 Å². The van der Waals surface area contributed by atoms with Crippen molar-refractivity contribution in [2.24, 2.45) is 0 Å². The minimum Gasteiger partial charge on any atom is -0.354 e. The Bertz CT molecular complexity index is 1450. The zero-order chi connectivity index (χ0) is 29.4. The van der Waals surface area contributed by atoms with Crippen LogP contribution in [-0.4, -0.2) is 44.3 Å². The third kappa shape index (κ3) is 7.77. The number of hydrogen-bond acceptors (Lipinski definition) is 4. The Labute approximate surface area is 247 Å². The number of amides is 2. The van der Waals surface area contributed by atoms with Gasteiger partial charge in [0.05, 0.1) is 10.6 Å². The molecule has 0 aliphatic heterocycles. The molecule has 3 aromatic rings. The van der Waals surface area contributed by atoms with E-state index in [9.17, 15) is 18.0 Å². The van der Waals surface area contributed by atoms with Crippen LogP contribution < -0.4 is 9.62 Å². The Morgan fingerprint density at radius 3 is 2.23 bits per heavy atom. The molecule has 3 rings (SSSR count). The number of hydrogen-bond donors (Lipinski definition) is 1. The van der Waals surface area contributed by atoms with Crippen LogP contribution in [0.15, 0.2) is 71.6 Å². The summed E-state index contributed by atoms with van der Waals surface area (Å²) >= 11 is 12.5. The highest BCUT2D eigenvalue weighted by Crippen LogP contribution is 2.27. The van der Waals surface area contributed by atoms with Gasteiger partial charge in [-0.25, -0.2) is 8.42 Å². The first-order chi connectivity index (χ1) is 19.0. The molecule has 2 amide bonds. The number of halogens is 2. The molecule has 214 valence electrons. The van der Waals surface area contributed by atoms with Crippen molar-refractivity contribution < 1.29 is 18.0 Å². The zero-order valence-electron chi connectivity index (χ0n) is 23.2. The third-order valence-electron chi connectivity index (χ3n) is 6.47. The Morgan fingerprint density at radius 1 is 0.925 bits per heavy atom. The molecule has 0 heterocycles. The Hall–Kier alpha value is -3.07. The predicted octanol–water partition coefficient (Wildman–Crippen LogP) is 6.14. The molecule has 1 N–H and O–H groups in total. The molecular formula is C30H35Cl2N3O4S. The average Bonchev–Trinajstić information content (AvgIpc) is 2.91. The van der Waals surface area contributed by atoms with Gasteiger partial charge >= 0.3 is 0 Å². The molecule has 0 radical (unpaired) electrons. The number of benzene rings is 3. The quantitative estimate of drug-likeness (QED) is 0.269. The highest BCUT2D eigenvalue weighted by atomic mass is 35.5. The van der Waals surface area contributed by atoms with Crippen LogP contribution in [0.3, 0.4) is 0 Å². The smallest absolute Gasteiger partial charge is 0.264 e. The number of aryl methyl sites for hydroxylation is 2. The van der Waals surface area contributed by atoms with Crippen LogP contribution in [0, 0.1) is 13.8 Å². The summed E-state index contributed by atoms with van der Waals surface area (Å²) in [5.41, 5.74) is 2.68. The molecule has 0 saturated heterocycles. The van der Waals surface area contributed by atoms with Gasteiger partial charge in [0.1, 0.15) is 12.6 Å². The summed E-state index contributed by atoms with van der Waals surface area (Å²) in [6.45, 7) is 7.40. The number of rotatable bonds is 12. The van der Waals surface area contributed by atoms with Crippen molar-refractivity contribution in [3.63, 3.8) is 0 Å². The van der Waals surface area contributed by atoms with Crippen molar-refractivity contribution >= 4 is 50.7 Å². The molecule has 0 aliphatic carbocycles. The molecule has 7 nitrogen and oxygen atoms in total. The number of carbonyl (C=O) groups excluding carboxylic acids is 2. The van der Waals surface area contributed by atoms with Crippen LogP contribution in [0.2, 0.25) is 10.0 Å². The van der Waals surface area contributed by atoms with Gasteiger partial charge < -0.3 is 10.2 Å². The zero-order valence-corrected chi connectivity index (χ0v) is 25.5. The van der Waals surface area contributed by atoms with E-state index in [-0.39, 0.29) is 17.3 Å². The van der Waals surface area contributed by atoms with Crippen LogP contribution >= 0.6 is 23.2 Å². The van der Waals surface area contributed by atoms with Gasteiger partial charge in [0.15, 0.2) is 0 Å². The van der Waals surface area contributed by atoms with E-state index in [1.165, 1.54) is 17.0 Å². The fraction of sp³-hybridized carbons (Fsp3) is 0.333. The maximum atomic E-state index is 14.1. The van der Waals surface area contributed by atoms with Crippen LogP contribution in [0.25, 0.3) is 0 Å². The molecule has 1 unspecified atom stereocenters. The van der Waals surface area contributed by atoms with Crippen molar-refractivity contribution in [2.45, 2.75) is 58.0 Å². The minimum absolute atomic E-state index is 0.000869. The van der Waals surface area contributed by atoms with E-state index < -0.39 is 28.5 Å². The summed E-state index contributed by atoms with van der Waals surface area (Å²) in [5, 5.41) is 3.65. The normalized spacial score (nSPS) is 12.1. The maximum absolute atomic E-state index is 14.1. The lowest BCUT2D eigenvalue weighted by Crippen LogP contribution is -2.52. The summed E-state index contributed by atoms with van der Waals surface area (Å²) in [5.74, 6) is -0.854. The van der Waals surface area contributed by atoms with Gasteiger partial charge in [0, 0.05) is 23.1 Å². The molecule has 0 spiro atoms. The van der Waals surface area contributed by atoms with E-state index in [4.69, 9.17) is 23.2 Å². The van der Waals surface area contributed by atoms with Gasteiger partial charge in [-0.15, -0.1) is 0 Å². The second-order valence-corrected chi connectivity index (χ2v) is 12.3. The van der Waals surface area contributed by atoms with Gasteiger partial charge in [-0.2, -0.15) is 0 Å². The van der Waals surface area contributed by atoms with E-state index in [1.54, 1.807) is 55.5 Å². The number of sulfonamides is 1. The molecule has 0 aliphatic rings. The molecular weight excluding hydrogens is 569 g/mol. The largest absolute Gasteiger partial charge is 0.354 e. The molecule has 10 heteroatoms. The fourth-order valence-corrected chi connectivity index (χ4v) is 6.14. The average molecular weight is 605 g/mol. The highest BCUT2D eigenvalue weighted by Gasteiger charge is 2.34. The molecule has 1 atom stereocenters. The van der Waals surface area contributed by atoms with E-state index >= 15 is 0 Å². The molecule has 0 fully saturated rings. The topological polar surface area (TPSA) is 86.8 Å². The number of anilines is 1. The lowest BCUT2D eigenvalue weighted by atomic mass is 10.1. The predicted molar refractivity (Wildman–Crippen MR) is 161 cm³/mol. The van der Waals surface area contributed by atoms with Crippen molar-refractivity contribution in [1.29, 1.82) is 0 Å². The van der Waals surface area contributed by atoms with Crippen LogP contribution in [0.1, 0.15) is 43.4 Å². The first-order valence-electron chi connectivity index (χ1n) is 13.1. The SMILES string of the molecule is CCCNC(=O)C(CC)N(Cc1ccc(Cl)cc1Cl)C(=O)CN(c1cccc(C)c1)S(=O)(=O)c1ccc(C)cc1. The van der Waals surface area contributed by atoms with Crippen molar-refractivity contribution in [3.05, 3.63) is 93.5 Å².